The summed E-state index contributed by atoms with van der Waals surface area (Å²) in [4.78, 5) is 37.6. The van der Waals surface area contributed by atoms with Gasteiger partial charge in [-0.15, -0.1) is 0 Å². The number of hydrogen-bond donors (Lipinski definition) is 1. The van der Waals surface area contributed by atoms with Crippen molar-refractivity contribution in [3.05, 3.63) is 58.5 Å². The Kier molecular flexibility index (Phi) is 5.82. The van der Waals surface area contributed by atoms with Gasteiger partial charge in [0.05, 0.1) is 17.3 Å². The second kappa shape index (κ2) is 8.29. The van der Waals surface area contributed by atoms with Gasteiger partial charge < -0.3 is 10.1 Å². The number of amides is 1. The minimum atomic E-state index is -0.984. The first-order valence-corrected chi connectivity index (χ1v) is 9.40. The normalized spacial score (nSPS) is 17.2. The summed E-state index contributed by atoms with van der Waals surface area (Å²) in [5.74, 6) is -1.11. The summed E-state index contributed by atoms with van der Waals surface area (Å²) in [6.45, 7) is 3.27. The Hall–Kier alpha value is -3.09. The quantitative estimate of drug-likeness (QED) is 0.636. The van der Waals surface area contributed by atoms with E-state index in [2.05, 4.69) is 5.32 Å². The molecule has 1 N–H and O–H groups in total. The predicted molar refractivity (Wildman–Crippen MR) is 106 cm³/mol. The number of nitrogens with zero attached hydrogens (tertiary/aromatic N) is 2. The van der Waals surface area contributed by atoms with Crippen LogP contribution < -0.4 is 10.9 Å². The number of carbonyl (C=O) groups is 2. The van der Waals surface area contributed by atoms with Crippen LogP contribution in [0.25, 0.3) is 5.69 Å². The molecule has 0 aliphatic heterocycles. The molecule has 148 valence electrons. The van der Waals surface area contributed by atoms with E-state index in [1.54, 1.807) is 18.7 Å². The number of aromatic nitrogens is 2. The SMILES string of the molecule is Cc1c(NC(=O)[C@H](C)OC(=O)[C@@H]2CC=CCC2)c(=O)n(-c2ccccc2)n1C. The zero-order valence-electron chi connectivity index (χ0n) is 16.3. The molecule has 0 spiro atoms. The summed E-state index contributed by atoms with van der Waals surface area (Å²) in [5, 5.41) is 2.63. The second-order valence-electron chi connectivity index (χ2n) is 6.99. The molecule has 3 rings (SSSR count). The monoisotopic (exact) mass is 383 g/mol. The summed E-state index contributed by atoms with van der Waals surface area (Å²) in [6, 6.07) is 9.17. The van der Waals surface area contributed by atoms with Crippen LogP contribution in [0.1, 0.15) is 31.9 Å². The first-order chi connectivity index (χ1) is 13.4. The van der Waals surface area contributed by atoms with Gasteiger partial charge in [-0.05, 0) is 45.2 Å². The average molecular weight is 383 g/mol. The third-order valence-corrected chi connectivity index (χ3v) is 5.07. The maximum absolute atomic E-state index is 12.9. The molecule has 0 bridgehead atoms. The number of benzene rings is 1. The zero-order chi connectivity index (χ0) is 20.3. The Morgan fingerprint density at radius 2 is 1.93 bits per heavy atom. The first kappa shape index (κ1) is 19.7. The van der Waals surface area contributed by atoms with Crippen LogP contribution in [0.3, 0.4) is 0 Å². The van der Waals surface area contributed by atoms with Crippen molar-refractivity contribution in [1.29, 1.82) is 0 Å². The molecule has 0 fully saturated rings. The fourth-order valence-corrected chi connectivity index (χ4v) is 3.27. The lowest BCUT2D eigenvalue weighted by Gasteiger charge is -2.19. The third-order valence-electron chi connectivity index (χ3n) is 5.07. The number of rotatable bonds is 5. The molecule has 1 aliphatic carbocycles. The number of hydrogen-bond acceptors (Lipinski definition) is 4. The second-order valence-corrected chi connectivity index (χ2v) is 6.99. The molecular formula is C21H25N3O4. The van der Waals surface area contributed by atoms with E-state index in [1.165, 1.54) is 11.6 Å². The Morgan fingerprint density at radius 3 is 2.57 bits per heavy atom. The van der Waals surface area contributed by atoms with Crippen molar-refractivity contribution < 1.29 is 14.3 Å². The van der Waals surface area contributed by atoms with E-state index in [0.29, 0.717) is 17.8 Å². The Bertz CT molecular complexity index is 956. The van der Waals surface area contributed by atoms with Crippen molar-refractivity contribution in [2.24, 2.45) is 13.0 Å². The summed E-state index contributed by atoms with van der Waals surface area (Å²) < 4.78 is 8.49. The van der Waals surface area contributed by atoms with Gasteiger partial charge in [-0.3, -0.25) is 19.1 Å². The fraction of sp³-hybridized carbons (Fsp3) is 0.381. The number of esters is 1. The lowest BCUT2D eigenvalue weighted by atomic mass is 9.95. The van der Waals surface area contributed by atoms with E-state index >= 15 is 0 Å². The van der Waals surface area contributed by atoms with Crippen LogP contribution in [0.2, 0.25) is 0 Å². The number of nitrogens with one attached hydrogen (secondary N) is 1. The van der Waals surface area contributed by atoms with Crippen molar-refractivity contribution in [2.75, 3.05) is 5.32 Å². The Balaban J connectivity index is 1.74. The lowest BCUT2D eigenvalue weighted by Crippen LogP contribution is -2.34. The molecule has 28 heavy (non-hydrogen) atoms. The Morgan fingerprint density at radius 1 is 1.21 bits per heavy atom. The van der Waals surface area contributed by atoms with Crippen LogP contribution in [0, 0.1) is 12.8 Å². The maximum Gasteiger partial charge on any atom is 0.310 e. The van der Waals surface area contributed by atoms with Crippen LogP contribution in [0.5, 0.6) is 0 Å². The molecule has 1 amide bonds. The van der Waals surface area contributed by atoms with E-state index in [0.717, 1.165) is 12.8 Å². The topological polar surface area (TPSA) is 82.3 Å². The Labute approximate surface area is 163 Å². The highest BCUT2D eigenvalue weighted by Gasteiger charge is 2.26. The first-order valence-electron chi connectivity index (χ1n) is 9.40. The molecular weight excluding hydrogens is 358 g/mol. The molecule has 2 aromatic rings. The molecule has 7 nitrogen and oxygen atoms in total. The molecule has 0 saturated heterocycles. The summed E-state index contributed by atoms with van der Waals surface area (Å²) >= 11 is 0. The van der Waals surface area contributed by atoms with Crippen molar-refractivity contribution in [2.45, 2.75) is 39.2 Å². The van der Waals surface area contributed by atoms with Crippen molar-refractivity contribution in [1.82, 2.24) is 9.36 Å². The van der Waals surface area contributed by atoms with Crippen molar-refractivity contribution in [3.63, 3.8) is 0 Å². The molecule has 0 saturated carbocycles. The molecule has 1 aliphatic rings. The molecule has 1 aromatic carbocycles. The van der Waals surface area contributed by atoms with E-state index in [1.807, 2.05) is 42.5 Å². The van der Waals surface area contributed by atoms with Crippen LogP contribution in [0.4, 0.5) is 5.69 Å². The van der Waals surface area contributed by atoms with E-state index in [9.17, 15) is 14.4 Å². The van der Waals surface area contributed by atoms with Gasteiger partial charge >= 0.3 is 5.97 Å². The van der Waals surface area contributed by atoms with Crippen molar-refractivity contribution in [3.8, 4) is 5.69 Å². The van der Waals surface area contributed by atoms with Crippen molar-refractivity contribution >= 4 is 17.6 Å². The highest BCUT2D eigenvalue weighted by atomic mass is 16.5. The molecule has 1 aromatic heterocycles. The third kappa shape index (κ3) is 3.93. The van der Waals surface area contributed by atoms with Crippen LogP contribution >= 0.6 is 0 Å². The number of para-hydroxylation sites is 1. The van der Waals surface area contributed by atoms with Gasteiger partial charge in [0.1, 0.15) is 5.69 Å². The fourth-order valence-electron chi connectivity index (χ4n) is 3.27. The number of ether oxygens (including phenoxy) is 1. The van der Waals surface area contributed by atoms with Gasteiger partial charge in [0.15, 0.2) is 6.10 Å². The average Bonchev–Trinajstić information content (AvgIpc) is 2.92. The van der Waals surface area contributed by atoms with Gasteiger partial charge in [-0.25, -0.2) is 4.68 Å². The largest absolute Gasteiger partial charge is 0.452 e. The van der Waals surface area contributed by atoms with E-state index in [4.69, 9.17) is 4.74 Å². The molecule has 0 radical (unpaired) electrons. The highest BCUT2D eigenvalue weighted by molar-refractivity contribution is 5.95. The summed E-state index contributed by atoms with van der Waals surface area (Å²) in [5.41, 5.74) is 1.15. The smallest absolute Gasteiger partial charge is 0.310 e. The standard InChI is InChI=1S/C21H25N3O4/c1-14-18(20(26)24(23(14)3)17-12-8-5-9-13-17)22-19(25)15(2)28-21(27)16-10-6-4-7-11-16/h4-6,8-9,12-13,15-16H,7,10-11H2,1-3H3,(H,22,25)/t15-,16+/m0/s1. The predicted octanol–water partition coefficient (Wildman–Crippen LogP) is 2.71. The number of carbonyl (C=O) groups excluding carboxylic acids is 2. The van der Waals surface area contributed by atoms with Gasteiger partial charge in [0, 0.05) is 7.05 Å². The zero-order valence-corrected chi connectivity index (χ0v) is 16.3. The molecule has 0 unspecified atom stereocenters. The minimum absolute atomic E-state index is 0.180. The summed E-state index contributed by atoms with van der Waals surface area (Å²) in [7, 11) is 1.75. The van der Waals surface area contributed by atoms with Crippen LogP contribution in [0.15, 0.2) is 47.3 Å². The number of allylic oxidation sites excluding steroid dienone is 2. The van der Waals surface area contributed by atoms with Crippen LogP contribution in [-0.4, -0.2) is 27.3 Å². The van der Waals surface area contributed by atoms with Gasteiger partial charge in [-0.1, -0.05) is 30.4 Å². The van der Waals surface area contributed by atoms with E-state index in [-0.39, 0.29) is 23.1 Å². The van der Waals surface area contributed by atoms with Crippen LogP contribution in [-0.2, 0) is 21.4 Å². The minimum Gasteiger partial charge on any atom is -0.452 e. The van der Waals surface area contributed by atoms with Gasteiger partial charge in [0.25, 0.3) is 11.5 Å². The maximum atomic E-state index is 12.9. The molecule has 2 atom stereocenters. The highest BCUT2D eigenvalue weighted by Crippen LogP contribution is 2.20. The number of anilines is 1. The molecule has 7 heteroatoms. The van der Waals surface area contributed by atoms with E-state index < -0.39 is 12.0 Å². The van der Waals surface area contributed by atoms with Gasteiger partial charge in [-0.2, -0.15) is 0 Å². The van der Waals surface area contributed by atoms with Gasteiger partial charge in [0.2, 0.25) is 0 Å². The summed E-state index contributed by atoms with van der Waals surface area (Å²) in [6.07, 6.45) is 5.20. The molecule has 1 heterocycles. The lowest BCUT2D eigenvalue weighted by molar-refractivity contribution is -0.157.